The molecule has 1 atom stereocenters. The highest BCUT2D eigenvalue weighted by molar-refractivity contribution is 9.10. The molecule has 2 aliphatic rings. The number of nitrogens with zero attached hydrogens (tertiary/aromatic N) is 3. The third-order valence-electron chi connectivity index (χ3n) is 7.04. The molecule has 0 spiro atoms. The largest absolute Gasteiger partial charge is 0.493 e. The Hall–Kier alpha value is -3.76. The zero-order valence-corrected chi connectivity index (χ0v) is 22.2. The highest BCUT2D eigenvalue weighted by Crippen LogP contribution is 2.36. The molecule has 1 amide bonds. The molecule has 194 valence electrons. The molecule has 1 saturated heterocycles. The Morgan fingerprint density at radius 2 is 1.89 bits per heavy atom. The molecule has 2 aromatic heterocycles. The van der Waals surface area contributed by atoms with E-state index in [4.69, 9.17) is 9.15 Å². The summed E-state index contributed by atoms with van der Waals surface area (Å²) in [6.45, 7) is 2.17. The van der Waals surface area contributed by atoms with Crippen LogP contribution in [0.2, 0.25) is 0 Å². The molecule has 0 radical (unpaired) electrons. The second-order valence-electron chi connectivity index (χ2n) is 9.53. The number of ether oxygens (including phenoxy) is 1. The average Bonchev–Trinajstić information content (AvgIpc) is 3.46. The first kappa shape index (κ1) is 24.6. The SMILES string of the molecule is O=C(N[C@H]1CCOc2ccc(Br)cc21)c1cccc(NC2(c3nnc(-c4ccncc4)o3)CCNCC2)c1. The van der Waals surface area contributed by atoms with Gasteiger partial charge in [-0.15, -0.1) is 10.2 Å². The van der Waals surface area contributed by atoms with Crippen molar-refractivity contribution in [3.8, 4) is 17.2 Å². The van der Waals surface area contributed by atoms with Gasteiger partial charge in [-0.05, 0) is 74.5 Å². The number of anilines is 1. The van der Waals surface area contributed by atoms with E-state index in [1.165, 1.54) is 0 Å². The minimum Gasteiger partial charge on any atom is -0.493 e. The van der Waals surface area contributed by atoms with Crippen LogP contribution in [0, 0.1) is 0 Å². The van der Waals surface area contributed by atoms with Crippen LogP contribution >= 0.6 is 15.9 Å². The average molecular weight is 575 g/mol. The van der Waals surface area contributed by atoms with Gasteiger partial charge in [0.2, 0.25) is 11.8 Å². The fraction of sp³-hybridized carbons (Fsp3) is 0.286. The lowest BCUT2D eigenvalue weighted by Gasteiger charge is -2.36. The van der Waals surface area contributed by atoms with Gasteiger partial charge in [0.15, 0.2) is 0 Å². The Bertz CT molecular complexity index is 1440. The van der Waals surface area contributed by atoms with Gasteiger partial charge in [0.25, 0.3) is 5.91 Å². The summed E-state index contributed by atoms with van der Waals surface area (Å²) in [5.74, 6) is 1.66. The number of halogens is 1. The van der Waals surface area contributed by atoms with Crippen molar-refractivity contribution in [3.63, 3.8) is 0 Å². The molecular weight excluding hydrogens is 548 g/mol. The number of pyridine rings is 1. The minimum absolute atomic E-state index is 0.124. The van der Waals surface area contributed by atoms with Crippen LogP contribution in [0.3, 0.4) is 0 Å². The van der Waals surface area contributed by atoms with Gasteiger partial charge in [0.05, 0.1) is 12.6 Å². The van der Waals surface area contributed by atoms with Crippen molar-refractivity contribution in [3.05, 3.63) is 88.5 Å². The number of fused-ring (bicyclic) bond motifs is 1. The van der Waals surface area contributed by atoms with E-state index in [1.807, 2.05) is 54.6 Å². The van der Waals surface area contributed by atoms with Gasteiger partial charge in [0, 0.05) is 45.7 Å². The first-order valence-corrected chi connectivity index (χ1v) is 13.5. The number of aromatic nitrogens is 3. The van der Waals surface area contributed by atoms with Crippen molar-refractivity contribution in [1.82, 2.24) is 25.8 Å². The maximum absolute atomic E-state index is 13.3. The fourth-order valence-electron chi connectivity index (χ4n) is 5.04. The predicted molar refractivity (Wildman–Crippen MR) is 146 cm³/mol. The summed E-state index contributed by atoms with van der Waals surface area (Å²) in [6.07, 6.45) is 5.63. The molecule has 0 saturated carbocycles. The standard InChI is InChI=1S/C28H27BrN6O3/c29-20-4-5-24-22(17-20)23(8-15-37-24)32-25(36)19-2-1-3-21(16-19)33-28(9-13-31-14-10-28)27-35-34-26(38-27)18-6-11-30-12-7-18/h1-7,11-12,16-17,23,31,33H,8-10,13-15H2,(H,32,36)/t23-/m0/s1. The van der Waals surface area contributed by atoms with E-state index in [-0.39, 0.29) is 11.9 Å². The number of benzene rings is 2. The highest BCUT2D eigenvalue weighted by atomic mass is 79.9. The fourth-order valence-corrected chi connectivity index (χ4v) is 5.42. The van der Waals surface area contributed by atoms with E-state index in [0.29, 0.717) is 30.4 Å². The topological polar surface area (TPSA) is 114 Å². The lowest BCUT2D eigenvalue weighted by molar-refractivity contribution is 0.0924. The molecule has 4 aromatic rings. The van der Waals surface area contributed by atoms with Gasteiger partial charge in [-0.2, -0.15) is 0 Å². The van der Waals surface area contributed by atoms with Crippen LogP contribution in [0.4, 0.5) is 5.69 Å². The summed E-state index contributed by atoms with van der Waals surface area (Å²) in [4.78, 5) is 17.4. The van der Waals surface area contributed by atoms with Crippen LogP contribution < -0.4 is 20.7 Å². The van der Waals surface area contributed by atoms with Gasteiger partial charge in [-0.3, -0.25) is 9.78 Å². The van der Waals surface area contributed by atoms with Crippen LogP contribution in [0.25, 0.3) is 11.5 Å². The number of hydrogen-bond donors (Lipinski definition) is 3. The molecule has 38 heavy (non-hydrogen) atoms. The van der Waals surface area contributed by atoms with E-state index in [9.17, 15) is 4.79 Å². The van der Waals surface area contributed by atoms with E-state index in [1.54, 1.807) is 12.4 Å². The Kier molecular flexibility index (Phi) is 6.82. The maximum atomic E-state index is 13.3. The van der Waals surface area contributed by atoms with Gasteiger partial charge in [0.1, 0.15) is 11.3 Å². The molecule has 0 bridgehead atoms. The molecule has 0 unspecified atom stereocenters. The number of rotatable bonds is 6. The monoisotopic (exact) mass is 574 g/mol. The summed E-state index contributed by atoms with van der Waals surface area (Å²) in [5, 5.41) is 19.0. The first-order chi connectivity index (χ1) is 18.6. The Morgan fingerprint density at radius 3 is 2.74 bits per heavy atom. The third-order valence-corrected chi connectivity index (χ3v) is 7.54. The summed E-state index contributed by atoms with van der Waals surface area (Å²) < 4.78 is 12.9. The van der Waals surface area contributed by atoms with Gasteiger partial charge in [-0.25, -0.2) is 0 Å². The molecule has 6 rings (SSSR count). The van der Waals surface area contributed by atoms with E-state index in [0.717, 1.165) is 53.0 Å². The molecule has 0 aliphatic carbocycles. The van der Waals surface area contributed by atoms with Crippen LogP contribution in [-0.2, 0) is 5.54 Å². The number of nitrogens with one attached hydrogen (secondary N) is 3. The first-order valence-electron chi connectivity index (χ1n) is 12.7. The smallest absolute Gasteiger partial charge is 0.251 e. The maximum Gasteiger partial charge on any atom is 0.251 e. The Balaban J connectivity index is 1.23. The van der Waals surface area contributed by atoms with Crippen LogP contribution in [0.1, 0.15) is 47.1 Å². The van der Waals surface area contributed by atoms with Crippen LogP contribution in [0.15, 0.2) is 75.9 Å². The van der Waals surface area contributed by atoms with Crippen LogP contribution in [0.5, 0.6) is 5.75 Å². The van der Waals surface area contributed by atoms with Gasteiger partial charge < -0.3 is 25.1 Å². The summed E-state index contributed by atoms with van der Waals surface area (Å²) in [6, 6.07) is 17.0. The lowest BCUT2D eigenvalue weighted by Crippen LogP contribution is -2.45. The predicted octanol–water partition coefficient (Wildman–Crippen LogP) is 4.84. The quantitative estimate of drug-likeness (QED) is 0.300. The summed E-state index contributed by atoms with van der Waals surface area (Å²) in [5.41, 5.74) is 2.64. The van der Waals surface area contributed by atoms with Crippen molar-refractivity contribution in [2.75, 3.05) is 25.0 Å². The third kappa shape index (κ3) is 5.01. The van der Waals surface area contributed by atoms with Crippen molar-refractivity contribution < 1.29 is 13.9 Å². The second kappa shape index (κ2) is 10.5. The molecule has 3 N–H and O–H groups in total. The summed E-state index contributed by atoms with van der Waals surface area (Å²) in [7, 11) is 0. The molecule has 1 fully saturated rings. The zero-order valence-electron chi connectivity index (χ0n) is 20.6. The highest BCUT2D eigenvalue weighted by Gasteiger charge is 2.39. The van der Waals surface area contributed by atoms with E-state index >= 15 is 0 Å². The lowest BCUT2D eigenvalue weighted by atomic mass is 9.87. The molecule has 9 nitrogen and oxygen atoms in total. The molecule has 2 aliphatic heterocycles. The summed E-state index contributed by atoms with van der Waals surface area (Å²) >= 11 is 3.52. The van der Waals surface area contributed by atoms with Crippen molar-refractivity contribution in [2.45, 2.75) is 30.8 Å². The Labute approximate surface area is 228 Å². The van der Waals surface area contributed by atoms with Crippen molar-refractivity contribution >= 4 is 27.5 Å². The molecular formula is C28H27BrN6O3. The normalized spacial score (nSPS) is 18.2. The Morgan fingerprint density at radius 1 is 1.05 bits per heavy atom. The number of carbonyl (C=O) groups is 1. The number of piperidine rings is 1. The minimum atomic E-state index is -0.551. The van der Waals surface area contributed by atoms with Gasteiger partial charge in [-0.1, -0.05) is 22.0 Å². The number of amides is 1. The molecule has 10 heteroatoms. The van der Waals surface area contributed by atoms with Crippen LogP contribution in [-0.4, -0.2) is 40.8 Å². The number of carbonyl (C=O) groups excluding carboxylic acids is 1. The van der Waals surface area contributed by atoms with E-state index in [2.05, 4.69) is 47.1 Å². The molecule has 4 heterocycles. The van der Waals surface area contributed by atoms with Crippen molar-refractivity contribution in [1.29, 1.82) is 0 Å². The van der Waals surface area contributed by atoms with Gasteiger partial charge >= 0.3 is 0 Å². The zero-order chi connectivity index (χ0) is 26.0. The second-order valence-corrected chi connectivity index (χ2v) is 10.4. The van der Waals surface area contributed by atoms with E-state index < -0.39 is 5.54 Å². The number of hydrogen-bond acceptors (Lipinski definition) is 8. The van der Waals surface area contributed by atoms with Crippen molar-refractivity contribution in [2.24, 2.45) is 0 Å². The molecule has 2 aromatic carbocycles.